The Morgan fingerprint density at radius 2 is 1.22 bits per heavy atom. The Balaban J connectivity index is -0.000000392. The van der Waals surface area contributed by atoms with Crippen LogP contribution in [0.2, 0.25) is 0 Å². The molecule has 0 unspecified atom stereocenters. The zero-order chi connectivity index (χ0) is 14.2. The van der Waals surface area contributed by atoms with E-state index in [1.807, 2.05) is 0 Å². The van der Waals surface area contributed by atoms with E-state index in [0.29, 0.717) is 0 Å². The van der Waals surface area contributed by atoms with Crippen molar-refractivity contribution in [3.05, 3.63) is 0 Å². The van der Waals surface area contributed by atoms with Gasteiger partial charge < -0.3 is 43.9 Å². The van der Waals surface area contributed by atoms with Gasteiger partial charge in [-0.05, 0) is 0 Å². The number of aliphatic hydroxyl groups is 1. The van der Waals surface area contributed by atoms with Gasteiger partial charge in [0, 0.05) is 24.8 Å². The van der Waals surface area contributed by atoms with Crippen LogP contribution in [0.25, 0.3) is 0 Å². The Morgan fingerprint density at radius 1 is 1.00 bits per heavy atom. The molecule has 0 aromatic heterocycles. The first kappa shape index (κ1) is 22.6. The molecule has 0 radical (unpaired) electrons. The van der Waals surface area contributed by atoms with E-state index >= 15 is 0 Å². The summed E-state index contributed by atoms with van der Waals surface area (Å²) in [6.07, 6.45) is -2.72. The van der Waals surface area contributed by atoms with Gasteiger partial charge in [0.15, 0.2) is 0 Å². The molecular formula is C6H5NaO10S-4. The van der Waals surface area contributed by atoms with Gasteiger partial charge in [0.1, 0.15) is 5.60 Å². The zero-order valence-electron chi connectivity index (χ0n) is 8.94. The second-order valence-corrected chi connectivity index (χ2v) is 3.03. The summed E-state index contributed by atoms with van der Waals surface area (Å²) in [6, 6.07) is 0. The van der Waals surface area contributed by atoms with Gasteiger partial charge in [-0.15, -0.1) is 11.4 Å². The van der Waals surface area contributed by atoms with Gasteiger partial charge in [-0.3, -0.25) is 4.21 Å². The molecular weight excluding hydrogens is 287 g/mol. The smallest absolute Gasteiger partial charge is 0.784 e. The summed E-state index contributed by atoms with van der Waals surface area (Å²) in [6.45, 7) is 0. The number of carboxylic acid groups (broad SMARTS) is 3. The van der Waals surface area contributed by atoms with Crippen molar-refractivity contribution in [1.82, 2.24) is 0 Å². The molecule has 0 amide bonds. The van der Waals surface area contributed by atoms with Crippen molar-refractivity contribution in [2.24, 2.45) is 0 Å². The molecule has 0 aromatic rings. The largest absolute Gasteiger partial charge is 1.00 e. The normalized spacial score (nSPS) is 9.78. The quantitative estimate of drug-likeness (QED) is 0.374. The molecule has 0 atom stereocenters. The first-order valence-corrected chi connectivity index (χ1v) is 4.61. The van der Waals surface area contributed by atoms with E-state index in [1.165, 1.54) is 0 Å². The van der Waals surface area contributed by atoms with E-state index in [4.69, 9.17) is 18.4 Å². The van der Waals surface area contributed by atoms with Crippen molar-refractivity contribution in [3.63, 3.8) is 0 Å². The van der Waals surface area contributed by atoms with Crippen LogP contribution in [0.5, 0.6) is 0 Å². The Morgan fingerprint density at radius 3 is 1.33 bits per heavy atom. The fourth-order valence-electron chi connectivity index (χ4n) is 0.684. The van der Waals surface area contributed by atoms with Gasteiger partial charge in [-0.2, -0.15) is 0 Å². The van der Waals surface area contributed by atoms with Gasteiger partial charge in [0.2, 0.25) is 0 Å². The van der Waals surface area contributed by atoms with Crippen LogP contribution in [-0.4, -0.2) is 41.9 Å². The second-order valence-electron chi connectivity index (χ2n) is 2.62. The van der Waals surface area contributed by atoms with E-state index < -0.39 is 47.7 Å². The molecule has 0 saturated carbocycles. The van der Waals surface area contributed by atoms with Crippen LogP contribution in [-0.2, 0) is 25.7 Å². The van der Waals surface area contributed by atoms with Crippen molar-refractivity contribution in [3.8, 4) is 0 Å². The number of aliphatic carboxylic acids is 3. The molecule has 0 aromatic carbocycles. The van der Waals surface area contributed by atoms with E-state index in [9.17, 15) is 29.7 Å². The molecule has 0 fully saturated rings. The SMILES string of the molecule is O=C([O-])CC(O)(CC(=O)[O-])C(=O)[O-].O=S([O-])[O-].[Na+]. The average molecular weight is 292 g/mol. The maximum Gasteiger partial charge on any atom is 1.00 e. The van der Waals surface area contributed by atoms with Gasteiger partial charge in [0.25, 0.3) is 0 Å². The number of carbonyl (C=O) groups excluding carboxylic acids is 3. The van der Waals surface area contributed by atoms with E-state index in [0.717, 1.165) is 0 Å². The fourth-order valence-corrected chi connectivity index (χ4v) is 0.684. The Bertz CT molecular complexity index is 308. The summed E-state index contributed by atoms with van der Waals surface area (Å²) >= 11 is -3.11. The van der Waals surface area contributed by atoms with Crippen molar-refractivity contribution in [2.75, 3.05) is 0 Å². The van der Waals surface area contributed by atoms with Crippen LogP contribution < -0.4 is 44.9 Å². The Kier molecular flexibility index (Phi) is 13.0. The summed E-state index contributed by atoms with van der Waals surface area (Å²) in [5.74, 6) is -5.98. The molecule has 100 valence electrons. The maximum absolute atomic E-state index is 10.1. The molecule has 12 heteroatoms. The molecule has 1 N–H and O–H groups in total. The maximum atomic E-state index is 10.1. The summed E-state index contributed by atoms with van der Waals surface area (Å²) in [5.41, 5.74) is -2.97. The third kappa shape index (κ3) is 13.5. The summed E-state index contributed by atoms with van der Waals surface area (Å²) in [4.78, 5) is 30.0. The molecule has 0 rings (SSSR count). The van der Waals surface area contributed by atoms with Gasteiger partial charge in [-0.1, -0.05) is 0 Å². The molecule has 0 saturated heterocycles. The monoisotopic (exact) mass is 292 g/mol. The molecule has 0 aliphatic heterocycles. The molecule has 10 nitrogen and oxygen atoms in total. The molecule has 18 heavy (non-hydrogen) atoms. The van der Waals surface area contributed by atoms with Crippen LogP contribution in [0.1, 0.15) is 12.8 Å². The molecule has 0 bridgehead atoms. The molecule has 0 aliphatic rings. The number of carboxylic acids is 3. The fraction of sp³-hybridized carbons (Fsp3) is 0.500. The van der Waals surface area contributed by atoms with E-state index in [-0.39, 0.29) is 29.6 Å². The predicted octanol–water partition coefficient (Wildman–Crippen LogP) is -9.25. The molecule has 0 heterocycles. The van der Waals surface area contributed by atoms with Crippen molar-refractivity contribution in [1.29, 1.82) is 0 Å². The zero-order valence-corrected chi connectivity index (χ0v) is 11.8. The summed E-state index contributed by atoms with van der Waals surface area (Å²) in [7, 11) is 0. The minimum absolute atomic E-state index is 0. The topological polar surface area (TPSA) is 204 Å². The average Bonchev–Trinajstić information content (AvgIpc) is 1.98. The number of carbonyl (C=O) groups is 3. The standard InChI is InChI=1S/C6H8O7.Na.H2O3S/c7-3(8)1-6(13,5(11)12)2-4(9)10;;1-4(2)3/h13H,1-2H2,(H,7,8)(H,9,10)(H,11,12);;(H2,1,2,3)/q;+1;/p-5. The van der Waals surface area contributed by atoms with Crippen LogP contribution in [0.15, 0.2) is 0 Å². The van der Waals surface area contributed by atoms with Gasteiger partial charge >= 0.3 is 29.6 Å². The van der Waals surface area contributed by atoms with Crippen molar-refractivity contribution < 1.29 is 77.7 Å². The number of rotatable bonds is 5. The molecule has 0 aliphatic carbocycles. The minimum atomic E-state index is -3.11. The molecule has 0 spiro atoms. The first-order chi connectivity index (χ1) is 7.51. The van der Waals surface area contributed by atoms with Gasteiger partial charge in [-0.25, -0.2) is 0 Å². The second kappa shape index (κ2) is 10.4. The number of hydrogen-bond acceptors (Lipinski definition) is 10. The Labute approximate surface area is 125 Å². The van der Waals surface area contributed by atoms with Crippen LogP contribution in [0.4, 0.5) is 0 Å². The predicted molar refractivity (Wildman–Crippen MR) is 38.9 cm³/mol. The first-order valence-electron chi connectivity index (χ1n) is 3.61. The van der Waals surface area contributed by atoms with Crippen molar-refractivity contribution >= 4 is 29.3 Å². The minimum Gasteiger partial charge on any atom is -0.784 e. The summed E-state index contributed by atoms with van der Waals surface area (Å²) in [5, 5.41) is 38.9. The van der Waals surface area contributed by atoms with Crippen LogP contribution in [0, 0.1) is 0 Å². The third-order valence-electron chi connectivity index (χ3n) is 1.25. The van der Waals surface area contributed by atoms with Crippen molar-refractivity contribution in [2.45, 2.75) is 18.4 Å². The summed E-state index contributed by atoms with van der Waals surface area (Å²) < 4.78 is 25.3. The van der Waals surface area contributed by atoms with E-state index in [2.05, 4.69) is 0 Å². The van der Waals surface area contributed by atoms with E-state index in [1.54, 1.807) is 0 Å². The van der Waals surface area contributed by atoms with Gasteiger partial charge in [0.05, 0.1) is 5.97 Å². The third-order valence-corrected chi connectivity index (χ3v) is 1.25. The Hall–Kier alpha value is -0.560. The number of hydrogen-bond donors (Lipinski definition) is 1. The van der Waals surface area contributed by atoms with Crippen LogP contribution in [0.3, 0.4) is 0 Å². The van der Waals surface area contributed by atoms with Crippen LogP contribution >= 0.6 is 0 Å².